The van der Waals surface area contributed by atoms with Crippen molar-refractivity contribution in [1.29, 1.82) is 0 Å². The van der Waals surface area contributed by atoms with Crippen molar-refractivity contribution in [2.24, 2.45) is 0 Å². The molecule has 0 saturated heterocycles. The molecule has 1 aromatic heterocycles. The molecule has 0 spiro atoms. The Balaban J connectivity index is 2.08. The Bertz CT molecular complexity index is 1030. The van der Waals surface area contributed by atoms with E-state index in [2.05, 4.69) is 46.5 Å². The largest absolute Gasteiger partial charge is 0.460 e. The second kappa shape index (κ2) is 8.33. The predicted octanol–water partition coefficient (Wildman–Crippen LogP) is 4.60. The van der Waals surface area contributed by atoms with Gasteiger partial charge in [-0.15, -0.1) is 5.10 Å². The van der Waals surface area contributed by atoms with Gasteiger partial charge in [0.1, 0.15) is 11.4 Å². The number of benzene rings is 3. The first-order valence-electron chi connectivity index (χ1n) is 9.95. The quantitative estimate of drug-likeness (QED) is 0.352. The third kappa shape index (κ3) is 3.28. The van der Waals surface area contributed by atoms with E-state index in [9.17, 15) is 4.79 Å². The monoisotopic (exact) mass is 397 g/mol. The first kappa shape index (κ1) is 19.6. The molecule has 150 valence electrons. The van der Waals surface area contributed by atoms with E-state index >= 15 is 0 Å². The lowest BCUT2D eigenvalue weighted by Crippen LogP contribution is -2.39. The Morgan fingerprint density at radius 1 is 0.833 bits per heavy atom. The summed E-state index contributed by atoms with van der Waals surface area (Å²) in [5.74, 6) is 0.151. The molecule has 0 radical (unpaired) electrons. The van der Waals surface area contributed by atoms with E-state index in [0.717, 1.165) is 16.7 Å². The Labute approximate surface area is 176 Å². The summed E-state index contributed by atoms with van der Waals surface area (Å²) in [6, 6.07) is 30.5. The number of aryl methyl sites for hydroxylation is 1. The van der Waals surface area contributed by atoms with Crippen LogP contribution in [0.4, 0.5) is 0 Å². The Kier molecular flexibility index (Phi) is 5.44. The zero-order chi connectivity index (χ0) is 21.0. The minimum Gasteiger partial charge on any atom is -0.460 e. The van der Waals surface area contributed by atoms with Crippen LogP contribution in [0.25, 0.3) is 0 Å². The van der Waals surface area contributed by atoms with Crippen LogP contribution >= 0.6 is 0 Å². The molecule has 0 saturated carbocycles. The van der Waals surface area contributed by atoms with Crippen molar-refractivity contribution in [2.75, 3.05) is 6.61 Å². The van der Waals surface area contributed by atoms with Gasteiger partial charge in [-0.25, -0.2) is 14.5 Å². The predicted molar refractivity (Wildman–Crippen MR) is 115 cm³/mol. The van der Waals surface area contributed by atoms with Gasteiger partial charge in [-0.1, -0.05) is 91.0 Å². The zero-order valence-corrected chi connectivity index (χ0v) is 17.0. The molecular formula is C25H23N3O2. The van der Waals surface area contributed by atoms with E-state index in [1.54, 1.807) is 6.92 Å². The third-order valence-electron chi connectivity index (χ3n) is 5.12. The van der Waals surface area contributed by atoms with Crippen LogP contribution in [0.3, 0.4) is 0 Å². The summed E-state index contributed by atoms with van der Waals surface area (Å²) < 4.78 is 6.98. The number of carbonyl (C=O) groups excluding carboxylic acids is 1. The number of esters is 1. The Morgan fingerprint density at radius 3 is 1.67 bits per heavy atom. The average Bonchev–Trinajstić information content (AvgIpc) is 3.19. The highest BCUT2D eigenvalue weighted by atomic mass is 16.5. The van der Waals surface area contributed by atoms with Crippen LogP contribution in [0.2, 0.25) is 0 Å². The van der Waals surface area contributed by atoms with Gasteiger partial charge < -0.3 is 4.74 Å². The fourth-order valence-electron chi connectivity index (χ4n) is 3.89. The van der Waals surface area contributed by atoms with Crippen molar-refractivity contribution in [3.8, 4) is 0 Å². The molecular weight excluding hydrogens is 374 g/mol. The van der Waals surface area contributed by atoms with Gasteiger partial charge in [0.05, 0.1) is 6.61 Å². The van der Waals surface area contributed by atoms with Crippen molar-refractivity contribution in [1.82, 2.24) is 14.8 Å². The van der Waals surface area contributed by atoms with E-state index in [-0.39, 0.29) is 12.4 Å². The maximum Gasteiger partial charge on any atom is 0.378 e. The number of rotatable bonds is 6. The number of aromatic nitrogens is 3. The first-order valence-corrected chi connectivity index (χ1v) is 9.95. The molecule has 5 heteroatoms. The molecule has 0 N–H and O–H groups in total. The minimum absolute atomic E-state index is 0.0570. The lowest BCUT2D eigenvalue weighted by Gasteiger charge is -2.36. The van der Waals surface area contributed by atoms with E-state index < -0.39 is 11.5 Å². The highest BCUT2D eigenvalue weighted by molar-refractivity contribution is 5.85. The highest BCUT2D eigenvalue weighted by Crippen LogP contribution is 2.40. The summed E-state index contributed by atoms with van der Waals surface area (Å²) in [6.07, 6.45) is 0. The Morgan fingerprint density at radius 2 is 1.27 bits per heavy atom. The van der Waals surface area contributed by atoms with Crippen molar-refractivity contribution < 1.29 is 9.53 Å². The van der Waals surface area contributed by atoms with Crippen molar-refractivity contribution in [3.63, 3.8) is 0 Å². The number of hydrogen-bond acceptors (Lipinski definition) is 4. The SMILES string of the molecule is CCOC(=O)c1nc(C)n(C(c2ccccc2)(c2ccccc2)c2ccccc2)n1. The molecule has 0 atom stereocenters. The fourth-order valence-corrected chi connectivity index (χ4v) is 3.89. The first-order chi connectivity index (χ1) is 14.7. The van der Waals surface area contributed by atoms with Crippen LogP contribution in [0.15, 0.2) is 91.0 Å². The molecule has 0 fully saturated rings. The minimum atomic E-state index is -0.800. The smallest absolute Gasteiger partial charge is 0.378 e. The summed E-state index contributed by atoms with van der Waals surface area (Å²) in [5, 5.41) is 4.66. The number of ether oxygens (including phenoxy) is 1. The normalized spacial score (nSPS) is 11.3. The molecule has 3 aromatic carbocycles. The molecule has 0 amide bonds. The second-order valence-corrected chi connectivity index (χ2v) is 6.92. The zero-order valence-electron chi connectivity index (χ0n) is 17.0. The summed E-state index contributed by atoms with van der Waals surface area (Å²) >= 11 is 0. The molecule has 30 heavy (non-hydrogen) atoms. The molecule has 1 heterocycles. The van der Waals surface area contributed by atoms with Gasteiger partial charge >= 0.3 is 5.97 Å². The number of carbonyl (C=O) groups is 1. The standard InChI is InChI=1S/C25H23N3O2/c1-3-30-24(29)23-26-19(2)28(27-23)25(20-13-7-4-8-14-20,21-15-9-5-10-16-21)22-17-11-6-12-18-22/h4-18H,3H2,1-2H3. The molecule has 0 aliphatic heterocycles. The van der Waals surface area contributed by atoms with E-state index in [1.807, 2.05) is 66.2 Å². The summed E-state index contributed by atoms with van der Waals surface area (Å²) in [5.41, 5.74) is 2.26. The summed E-state index contributed by atoms with van der Waals surface area (Å²) in [6.45, 7) is 3.90. The Hall–Kier alpha value is -3.73. The van der Waals surface area contributed by atoms with Crippen LogP contribution in [0, 0.1) is 6.92 Å². The number of nitrogens with zero attached hydrogens (tertiary/aromatic N) is 3. The van der Waals surface area contributed by atoms with Gasteiger partial charge in [0.15, 0.2) is 0 Å². The van der Waals surface area contributed by atoms with Crippen LogP contribution in [0.5, 0.6) is 0 Å². The molecule has 0 aliphatic carbocycles. The average molecular weight is 397 g/mol. The number of hydrogen-bond donors (Lipinski definition) is 0. The molecule has 0 aliphatic rings. The van der Waals surface area contributed by atoms with Crippen molar-refractivity contribution >= 4 is 5.97 Å². The third-order valence-corrected chi connectivity index (χ3v) is 5.12. The molecule has 0 unspecified atom stereocenters. The van der Waals surface area contributed by atoms with E-state index in [1.165, 1.54) is 0 Å². The van der Waals surface area contributed by atoms with E-state index in [0.29, 0.717) is 5.82 Å². The molecule has 4 aromatic rings. The van der Waals surface area contributed by atoms with Gasteiger partial charge in [0.25, 0.3) is 5.82 Å². The fraction of sp³-hybridized carbons (Fsp3) is 0.160. The lowest BCUT2D eigenvalue weighted by molar-refractivity contribution is 0.0511. The lowest BCUT2D eigenvalue weighted by atomic mass is 9.77. The van der Waals surface area contributed by atoms with Crippen LogP contribution in [-0.4, -0.2) is 27.3 Å². The van der Waals surface area contributed by atoms with Gasteiger partial charge in [-0.05, 0) is 30.5 Å². The maximum absolute atomic E-state index is 12.4. The van der Waals surface area contributed by atoms with Gasteiger partial charge in [-0.2, -0.15) is 0 Å². The van der Waals surface area contributed by atoms with Gasteiger partial charge in [0.2, 0.25) is 0 Å². The van der Waals surface area contributed by atoms with Crippen LogP contribution in [0.1, 0.15) is 40.1 Å². The molecule has 0 bridgehead atoms. The molecule has 4 rings (SSSR count). The van der Waals surface area contributed by atoms with Gasteiger partial charge in [-0.3, -0.25) is 0 Å². The van der Waals surface area contributed by atoms with Crippen LogP contribution < -0.4 is 0 Å². The van der Waals surface area contributed by atoms with Crippen molar-refractivity contribution in [2.45, 2.75) is 19.4 Å². The van der Waals surface area contributed by atoms with E-state index in [4.69, 9.17) is 4.74 Å². The summed E-state index contributed by atoms with van der Waals surface area (Å²) in [7, 11) is 0. The van der Waals surface area contributed by atoms with Crippen LogP contribution in [-0.2, 0) is 10.3 Å². The highest BCUT2D eigenvalue weighted by Gasteiger charge is 2.41. The topological polar surface area (TPSA) is 57.0 Å². The van der Waals surface area contributed by atoms with Gasteiger partial charge in [0, 0.05) is 0 Å². The maximum atomic E-state index is 12.4. The second-order valence-electron chi connectivity index (χ2n) is 6.92. The summed E-state index contributed by atoms with van der Waals surface area (Å²) in [4.78, 5) is 16.8. The molecule has 5 nitrogen and oxygen atoms in total. The van der Waals surface area contributed by atoms with Crippen molar-refractivity contribution in [3.05, 3.63) is 119 Å².